The van der Waals surface area contributed by atoms with Gasteiger partial charge in [-0.05, 0) is 11.8 Å². The summed E-state index contributed by atoms with van der Waals surface area (Å²) in [5, 5.41) is 4.52. The predicted octanol–water partition coefficient (Wildman–Crippen LogP) is 0.423. The number of Topliss-reactive ketones (excluding diaryl/α,β-unsaturated/α-hetero) is 1. The number of carbonyl (C=O) groups excluding carboxylic acids is 1. The molecule has 0 aromatic carbocycles. The van der Waals surface area contributed by atoms with Crippen molar-refractivity contribution < 1.29 is 13.2 Å². The zero-order valence-electron chi connectivity index (χ0n) is 7.91. The summed E-state index contributed by atoms with van der Waals surface area (Å²) in [6, 6.07) is 0. The van der Waals surface area contributed by atoms with E-state index in [-0.39, 0.29) is 5.78 Å². The number of rotatable bonds is 3. The van der Waals surface area contributed by atoms with Gasteiger partial charge < -0.3 is 0 Å². The van der Waals surface area contributed by atoms with Crippen LogP contribution < -0.4 is 5.14 Å². The molecule has 1 atom stereocenters. The van der Waals surface area contributed by atoms with Crippen LogP contribution in [0.25, 0.3) is 0 Å². The second-order valence-electron chi connectivity index (χ2n) is 4.03. The molecule has 0 aliphatic heterocycles. The second-order valence-corrected chi connectivity index (χ2v) is 5.78. The summed E-state index contributed by atoms with van der Waals surface area (Å²) in [5.74, 6) is 0.129. The Kier molecular flexibility index (Phi) is 2.51. The third-order valence-corrected chi connectivity index (χ3v) is 4.44. The van der Waals surface area contributed by atoms with Gasteiger partial charge in [-0.1, -0.05) is 13.8 Å². The van der Waals surface area contributed by atoms with E-state index in [2.05, 4.69) is 0 Å². The molecule has 0 radical (unpaired) electrons. The molecule has 0 amide bonds. The van der Waals surface area contributed by atoms with Gasteiger partial charge in [0.25, 0.3) is 0 Å². The summed E-state index contributed by atoms with van der Waals surface area (Å²) in [6.45, 7) is 3.59. The van der Waals surface area contributed by atoms with Crippen molar-refractivity contribution in [1.29, 1.82) is 0 Å². The van der Waals surface area contributed by atoms with Crippen molar-refractivity contribution in [3.05, 3.63) is 0 Å². The average Bonchev–Trinajstić information content (AvgIpc) is 1.81. The lowest BCUT2D eigenvalue weighted by molar-refractivity contribution is -0.131. The van der Waals surface area contributed by atoms with Gasteiger partial charge in [0.1, 0.15) is 5.78 Å². The van der Waals surface area contributed by atoms with E-state index in [1.54, 1.807) is 6.92 Å². The van der Waals surface area contributed by atoms with Gasteiger partial charge in [0.05, 0.1) is 5.25 Å². The number of nitrogens with two attached hydrogens (primary N) is 1. The van der Waals surface area contributed by atoms with Crippen LogP contribution in [0.2, 0.25) is 0 Å². The maximum Gasteiger partial charge on any atom is 0.212 e. The van der Waals surface area contributed by atoms with E-state index in [1.165, 1.54) is 0 Å². The summed E-state index contributed by atoms with van der Waals surface area (Å²) in [5.41, 5.74) is -0.417. The van der Waals surface area contributed by atoms with Crippen molar-refractivity contribution in [3.63, 3.8) is 0 Å². The Bertz CT molecular complexity index is 312. The fourth-order valence-electron chi connectivity index (χ4n) is 2.20. The summed E-state index contributed by atoms with van der Waals surface area (Å²) in [7, 11) is -3.51. The van der Waals surface area contributed by atoms with Crippen LogP contribution in [0.15, 0.2) is 0 Å². The second kappa shape index (κ2) is 3.06. The molecule has 1 aliphatic carbocycles. The van der Waals surface area contributed by atoms with Gasteiger partial charge in [0.15, 0.2) is 0 Å². The number of primary sulfonamides is 1. The summed E-state index contributed by atoms with van der Waals surface area (Å²) in [6.07, 6.45) is 1.17. The Labute approximate surface area is 78.6 Å². The smallest absolute Gasteiger partial charge is 0.212 e. The Hall–Kier alpha value is -0.420. The van der Waals surface area contributed by atoms with Crippen LogP contribution in [0.4, 0.5) is 0 Å². The van der Waals surface area contributed by atoms with Crippen molar-refractivity contribution in [1.82, 2.24) is 0 Å². The van der Waals surface area contributed by atoms with E-state index in [9.17, 15) is 13.2 Å². The molecule has 0 aromatic rings. The van der Waals surface area contributed by atoms with Crippen LogP contribution in [0, 0.1) is 5.41 Å². The van der Waals surface area contributed by atoms with Crippen LogP contribution >= 0.6 is 0 Å². The molecular weight excluding hydrogens is 190 g/mol. The predicted molar refractivity (Wildman–Crippen MR) is 49.5 cm³/mol. The van der Waals surface area contributed by atoms with Crippen molar-refractivity contribution in [2.75, 3.05) is 0 Å². The molecule has 2 N–H and O–H groups in total. The molecule has 1 saturated carbocycles. The number of ketones is 1. The lowest BCUT2D eigenvalue weighted by Crippen LogP contribution is -2.49. The number of carbonyl (C=O) groups is 1. The van der Waals surface area contributed by atoms with Crippen molar-refractivity contribution in [3.8, 4) is 0 Å². The molecule has 1 rings (SSSR count). The third-order valence-electron chi connectivity index (χ3n) is 2.75. The first-order valence-corrected chi connectivity index (χ1v) is 5.94. The Morgan fingerprint density at radius 3 is 2.23 bits per heavy atom. The molecule has 0 heterocycles. The van der Waals surface area contributed by atoms with E-state index < -0.39 is 20.7 Å². The van der Waals surface area contributed by atoms with Crippen molar-refractivity contribution in [2.45, 2.75) is 38.4 Å². The fraction of sp³-hybridized carbons (Fsp3) is 0.875. The van der Waals surface area contributed by atoms with Crippen LogP contribution in [-0.4, -0.2) is 19.5 Å². The first-order valence-electron chi connectivity index (χ1n) is 4.33. The first-order chi connectivity index (χ1) is 5.79. The molecule has 0 bridgehead atoms. The molecule has 0 aromatic heterocycles. The Morgan fingerprint density at radius 2 is 2.00 bits per heavy atom. The topological polar surface area (TPSA) is 77.2 Å². The van der Waals surface area contributed by atoms with Crippen LogP contribution in [-0.2, 0) is 14.8 Å². The monoisotopic (exact) mass is 205 g/mol. The zero-order valence-corrected chi connectivity index (χ0v) is 8.73. The maximum atomic E-state index is 11.2. The Morgan fingerprint density at radius 1 is 1.54 bits per heavy atom. The highest BCUT2D eigenvalue weighted by molar-refractivity contribution is 7.89. The van der Waals surface area contributed by atoms with E-state index >= 15 is 0 Å². The van der Waals surface area contributed by atoms with Gasteiger partial charge in [-0.2, -0.15) is 0 Å². The molecule has 0 spiro atoms. The van der Waals surface area contributed by atoms with Gasteiger partial charge in [0.2, 0.25) is 10.0 Å². The molecule has 1 aliphatic rings. The van der Waals surface area contributed by atoms with Gasteiger partial charge in [-0.25, -0.2) is 13.6 Å². The first kappa shape index (κ1) is 10.7. The normalized spacial score (nSPS) is 23.8. The van der Waals surface area contributed by atoms with Crippen LogP contribution in [0.1, 0.15) is 33.1 Å². The van der Waals surface area contributed by atoms with Crippen LogP contribution in [0.3, 0.4) is 0 Å². The lowest BCUT2D eigenvalue weighted by Gasteiger charge is -2.41. The lowest BCUT2D eigenvalue weighted by atomic mass is 9.66. The standard InChI is InChI=1S/C8H15NO3S/c1-3-7(13(9,11)12)8(2)4-6(10)5-8/h7H,3-5H2,1-2H3,(H2,9,11,12). The minimum absolute atomic E-state index is 0.129. The summed E-state index contributed by atoms with van der Waals surface area (Å²) < 4.78 is 22.4. The van der Waals surface area contributed by atoms with Gasteiger partial charge in [-0.3, -0.25) is 4.79 Å². The minimum Gasteiger partial charge on any atom is -0.300 e. The van der Waals surface area contributed by atoms with E-state index in [1.807, 2.05) is 6.92 Å². The molecule has 0 saturated heterocycles. The molecular formula is C8H15NO3S. The summed E-state index contributed by atoms with van der Waals surface area (Å²) in [4.78, 5) is 10.8. The highest BCUT2D eigenvalue weighted by Gasteiger charge is 2.48. The van der Waals surface area contributed by atoms with Gasteiger partial charge >= 0.3 is 0 Å². The number of hydrogen-bond donors (Lipinski definition) is 1. The summed E-state index contributed by atoms with van der Waals surface area (Å²) >= 11 is 0. The molecule has 13 heavy (non-hydrogen) atoms. The van der Waals surface area contributed by atoms with E-state index in [4.69, 9.17) is 5.14 Å². The molecule has 1 unspecified atom stereocenters. The molecule has 4 nitrogen and oxygen atoms in total. The van der Waals surface area contributed by atoms with Gasteiger partial charge in [0, 0.05) is 12.8 Å². The maximum absolute atomic E-state index is 11.2. The fourth-order valence-corrected chi connectivity index (χ4v) is 3.62. The van der Waals surface area contributed by atoms with E-state index in [0.717, 1.165) is 0 Å². The van der Waals surface area contributed by atoms with Crippen LogP contribution in [0.5, 0.6) is 0 Å². The zero-order chi connectivity index (χ0) is 10.3. The SMILES string of the molecule is CCC(C1(C)CC(=O)C1)S(N)(=O)=O. The van der Waals surface area contributed by atoms with Gasteiger partial charge in [-0.15, -0.1) is 0 Å². The number of sulfonamides is 1. The quantitative estimate of drug-likeness (QED) is 0.725. The van der Waals surface area contributed by atoms with Crippen molar-refractivity contribution in [2.24, 2.45) is 10.6 Å². The molecule has 76 valence electrons. The average molecular weight is 205 g/mol. The molecule has 1 fully saturated rings. The largest absolute Gasteiger partial charge is 0.300 e. The number of hydrogen-bond acceptors (Lipinski definition) is 3. The minimum atomic E-state index is -3.51. The van der Waals surface area contributed by atoms with Crippen molar-refractivity contribution >= 4 is 15.8 Å². The highest BCUT2D eigenvalue weighted by Crippen LogP contribution is 2.44. The highest BCUT2D eigenvalue weighted by atomic mass is 32.2. The third kappa shape index (κ3) is 1.91. The van der Waals surface area contributed by atoms with E-state index in [0.29, 0.717) is 19.3 Å². The Balaban J connectivity index is 2.86. The molecule has 5 heteroatoms.